The summed E-state index contributed by atoms with van der Waals surface area (Å²) in [5.74, 6) is -0.712. The van der Waals surface area contributed by atoms with Crippen molar-refractivity contribution < 1.29 is 18.3 Å². The molecule has 0 aliphatic carbocycles. The molecular weight excluding hydrogens is 274 g/mol. The molecule has 0 aromatic rings. The van der Waals surface area contributed by atoms with Crippen molar-refractivity contribution in [3.8, 4) is 0 Å². The highest BCUT2D eigenvalue weighted by molar-refractivity contribution is 8.02. The Kier molecular flexibility index (Phi) is 5.71. The van der Waals surface area contributed by atoms with Gasteiger partial charge in [0, 0.05) is 10.5 Å². The number of sulfone groups is 1. The number of hydrogen-bond donors (Lipinski definition) is 2. The lowest BCUT2D eigenvalue weighted by atomic mass is 10.1. The Labute approximate surface area is 113 Å². The van der Waals surface area contributed by atoms with Crippen LogP contribution >= 0.6 is 11.8 Å². The Balaban J connectivity index is 4.50. The molecule has 7 heteroatoms. The minimum absolute atomic E-state index is 0.0247. The molecule has 0 saturated carbocycles. The van der Waals surface area contributed by atoms with E-state index < -0.39 is 31.3 Å². The van der Waals surface area contributed by atoms with Gasteiger partial charge in [-0.05, 0) is 34.6 Å². The fourth-order valence-corrected chi connectivity index (χ4v) is 3.74. The topological polar surface area (TPSA) is 97.5 Å². The summed E-state index contributed by atoms with van der Waals surface area (Å²) in [5.41, 5.74) is 5.56. The highest BCUT2D eigenvalue weighted by Gasteiger charge is 2.34. The van der Waals surface area contributed by atoms with Crippen molar-refractivity contribution in [1.29, 1.82) is 0 Å². The quantitative estimate of drug-likeness (QED) is 0.762. The Morgan fingerprint density at radius 1 is 1.28 bits per heavy atom. The summed E-state index contributed by atoms with van der Waals surface area (Å²) in [5, 5.41) is 8.85. The lowest BCUT2D eigenvalue weighted by Crippen LogP contribution is -2.47. The molecule has 0 aromatic carbocycles. The zero-order valence-corrected chi connectivity index (χ0v) is 13.2. The average molecular weight is 297 g/mol. The predicted molar refractivity (Wildman–Crippen MR) is 75.7 cm³/mol. The van der Waals surface area contributed by atoms with Crippen LogP contribution in [-0.4, -0.2) is 46.5 Å². The molecule has 0 rings (SSSR count). The van der Waals surface area contributed by atoms with E-state index in [1.54, 1.807) is 34.6 Å². The Hall–Kier alpha value is -0.270. The molecule has 0 fully saturated rings. The van der Waals surface area contributed by atoms with E-state index in [0.29, 0.717) is 5.75 Å². The van der Waals surface area contributed by atoms with Crippen molar-refractivity contribution in [2.24, 2.45) is 5.73 Å². The van der Waals surface area contributed by atoms with Crippen LogP contribution < -0.4 is 5.73 Å². The molecule has 108 valence electrons. The van der Waals surface area contributed by atoms with Crippen molar-refractivity contribution in [2.45, 2.75) is 50.2 Å². The third kappa shape index (κ3) is 4.78. The minimum Gasteiger partial charge on any atom is -0.480 e. The number of carbonyl (C=O) groups is 1. The van der Waals surface area contributed by atoms with Crippen molar-refractivity contribution in [3.63, 3.8) is 0 Å². The van der Waals surface area contributed by atoms with Gasteiger partial charge in [0.25, 0.3) is 0 Å². The maximum absolute atomic E-state index is 11.9. The van der Waals surface area contributed by atoms with Crippen LogP contribution in [-0.2, 0) is 14.6 Å². The van der Waals surface area contributed by atoms with Gasteiger partial charge in [0.05, 0.1) is 10.5 Å². The molecule has 18 heavy (non-hydrogen) atoms. The van der Waals surface area contributed by atoms with Gasteiger partial charge in [0.15, 0.2) is 9.84 Å². The minimum atomic E-state index is -3.18. The number of hydrogen-bond acceptors (Lipinski definition) is 5. The predicted octanol–water partition coefficient (Wildman–Crippen LogP) is 1.12. The van der Waals surface area contributed by atoms with Crippen LogP contribution in [0.3, 0.4) is 0 Å². The first-order valence-corrected chi connectivity index (χ1v) is 8.30. The van der Waals surface area contributed by atoms with E-state index >= 15 is 0 Å². The average Bonchev–Trinajstić information content (AvgIpc) is 2.13. The molecule has 0 aliphatic heterocycles. The van der Waals surface area contributed by atoms with E-state index in [1.807, 2.05) is 0 Å². The standard InChI is InChI=1S/C11H23NO4S2/c1-10(2,3)18(15,16)7-6-17-11(4,5)8(12)9(13)14/h8H,6-7,12H2,1-5H3,(H,13,14)/t8-/m1/s1. The molecule has 0 aliphatic rings. The van der Waals surface area contributed by atoms with Crippen molar-refractivity contribution in [2.75, 3.05) is 11.5 Å². The fourth-order valence-electron chi connectivity index (χ4n) is 1.11. The number of rotatable bonds is 6. The summed E-state index contributed by atoms with van der Waals surface area (Å²) in [7, 11) is -3.18. The Morgan fingerprint density at radius 2 is 1.72 bits per heavy atom. The highest BCUT2D eigenvalue weighted by atomic mass is 32.2. The van der Waals surface area contributed by atoms with Gasteiger partial charge in [-0.25, -0.2) is 8.42 Å². The van der Waals surface area contributed by atoms with E-state index in [0.717, 1.165) is 0 Å². The molecule has 0 aromatic heterocycles. The second-order valence-electron chi connectivity index (χ2n) is 5.70. The summed E-state index contributed by atoms with van der Waals surface area (Å²) in [6, 6.07) is -1.01. The van der Waals surface area contributed by atoms with Crippen LogP contribution in [0.15, 0.2) is 0 Å². The van der Waals surface area contributed by atoms with Gasteiger partial charge in [0.2, 0.25) is 0 Å². The molecule has 0 saturated heterocycles. The summed E-state index contributed by atoms with van der Waals surface area (Å²) in [6.45, 7) is 8.38. The number of carboxylic acids is 1. The first-order valence-electron chi connectivity index (χ1n) is 5.66. The van der Waals surface area contributed by atoms with Gasteiger partial charge in [-0.2, -0.15) is 11.8 Å². The van der Waals surface area contributed by atoms with Crippen LogP contribution in [0.1, 0.15) is 34.6 Å². The van der Waals surface area contributed by atoms with E-state index in [1.165, 1.54) is 11.8 Å². The molecule has 0 unspecified atom stereocenters. The molecule has 0 radical (unpaired) electrons. The van der Waals surface area contributed by atoms with Crippen LogP contribution in [0.2, 0.25) is 0 Å². The largest absolute Gasteiger partial charge is 0.480 e. The van der Waals surface area contributed by atoms with E-state index in [9.17, 15) is 13.2 Å². The fraction of sp³-hybridized carbons (Fsp3) is 0.909. The zero-order chi connectivity index (χ0) is 14.8. The monoisotopic (exact) mass is 297 g/mol. The SMILES string of the molecule is CC(C)(SCCS(=O)(=O)C(C)(C)C)[C@H](N)C(=O)O. The van der Waals surface area contributed by atoms with Crippen molar-refractivity contribution in [3.05, 3.63) is 0 Å². The molecule has 0 amide bonds. The van der Waals surface area contributed by atoms with Crippen LogP contribution in [0.25, 0.3) is 0 Å². The van der Waals surface area contributed by atoms with Crippen LogP contribution in [0.5, 0.6) is 0 Å². The number of nitrogens with two attached hydrogens (primary N) is 1. The van der Waals surface area contributed by atoms with E-state index in [2.05, 4.69) is 0 Å². The highest BCUT2D eigenvalue weighted by Crippen LogP contribution is 2.28. The zero-order valence-electron chi connectivity index (χ0n) is 11.6. The summed E-state index contributed by atoms with van der Waals surface area (Å²) >= 11 is 1.27. The van der Waals surface area contributed by atoms with E-state index in [4.69, 9.17) is 10.8 Å². The van der Waals surface area contributed by atoms with Crippen molar-refractivity contribution >= 4 is 27.6 Å². The molecule has 0 bridgehead atoms. The van der Waals surface area contributed by atoms with Gasteiger partial charge in [-0.15, -0.1) is 0 Å². The van der Waals surface area contributed by atoms with Crippen LogP contribution in [0.4, 0.5) is 0 Å². The molecule has 0 heterocycles. The number of thioether (sulfide) groups is 1. The number of aliphatic carboxylic acids is 1. The Bertz CT molecular complexity index is 396. The normalized spacial score (nSPS) is 15.4. The lowest BCUT2D eigenvalue weighted by Gasteiger charge is -2.28. The first kappa shape index (κ1) is 17.7. The van der Waals surface area contributed by atoms with Gasteiger partial charge in [-0.3, -0.25) is 4.79 Å². The maximum Gasteiger partial charge on any atom is 0.321 e. The first-order chi connectivity index (χ1) is 7.81. The van der Waals surface area contributed by atoms with E-state index in [-0.39, 0.29) is 5.75 Å². The summed E-state index contributed by atoms with van der Waals surface area (Å²) < 4.78 is 22.3. The third-order valence-electron chi connectivity index (χ3n) is 2.77. The molecule has 5 nitrogen and oxygen atoms in total. The third-order valence-corrected chi connectivity index (χ3v) is 7.05. The van der Waals surface area contributed by atoms with Crippen molar-refractivity contribution in [1.82, 2.24) is 0 Å². The second kappa shape index (κ2) is 5.79. The number of carboxylic acid groups (broad SMARTS) is 1. The van der Waals surface area contributed by atoms with Gasteiger partial charge >= 0.3 is 5.97 Å². The van der Waals surface area contributed by atoms with Gasteiger partial charge < -0.3 is 10.8 Å². The smallest absolute Gasteiger partial charge is 0.321 e. The molecule has 0 spiro atoms. The Morgan fingerprint density at radius 3 is 2.06 bits per heavy atom. The summed E-state index contributed by atoms with van der Waals surface area (Å²) in [6.07, 6.45) is 0. The molecule has 1 atom stereocenters. The van der Waals surface area contributed by atoms with Gasteiger partial charge in [-0.1, -0.05) is 0 Å². The second-order valence-corrected chi connectivity index (χ2v) is 10.3. The molecular formula is C11H23NO4S2. The van der Waals surface area contributed by atoms with Gasteiger partial charge in [0.1, 0.15) is 6.04 Å². The molecule has 3 N–H and O–H groups in total. The lowest BCUT2D eigenvalue weighted by molar-refractivity contribution is -0.139. The maximum atomic E-state index is 11.9. The van der Waals surface area contributed by atoms with Crippen LogP contribution in [0, 0.1) is 0 Å². The summed E-state index contributed by atoms with van der Waals surface area (Å²) in [4.78, 5) is 10.8.